The van der Waals surface area contributed by atoms with Gasteiger partial charge >= 0.3 is 5.97 Å². The molecule has 2 aromatic rings. The molecule has 0 aromatic heterocycles. The minimum Gasteiger partial charge on any atom is -0.466 e. The molecule has 2 rings (SSSR count). The standard InChI is InChI=1S/C19H19FO2/c1-12-9-13(2)16(6-8-19(21)22-4)17(10-12)15-5-7-18(20)14(3)11-15/h5-11H,1-4H3/b8-6+. The van der Waals surface area contributed by atoms with Crippen molar-refractivity contribution in [2.75, 3.05) is 7.11 Å². The van der Waals surface area contributed by atoms with Gasteiger partial charge in [0, 0.05) is 6.08 Å². The highest BCUT2D eigenvalue weighted by Gasteiger charge is 2.09. The minimum absolute atomic E-state index is 0.222. The van der Waals surface area contributed by atoms with E-state index in [4.69, 9.17) is 0 Å². The van der Waals surface area contributed by atoms with Gasteiger partial charge in [-0.3, -0.25) is 0 Å². The van der Waals surface area contributed by atoms with Gasteiger partial charge in [0.1, 0.15) is 5.82 Å². The van der Waals surface area contributed by atoms with Gasteiger partial charge in [-0.05, 0) is 66.8 Å². The van der Waals surface area contributed by atoms with Gasteiger partial charge in [-0.25, -0.2) is 9.18 Å². The first-order valence-electron chi connectivity index (χ1n) is 7.06. The molecule has 0 spiro atoms. The molecule has 0 saturated carbocycles. The lowest BCUT2D eigenvalue weighted by atomic mass is 9.92. The van der Waals surface area contributed by atoms with E-state index in [1.807, 2.05) is 26.0 Å². The van der Waals surface area contributed by atoms with Crippen molar-refractivity contribution < 1.29 is 13.9 Å². The van der Waals surface area contributed by atoms with Crippen molar-refractivity contribution in [3.8, 4) is 11.1 Å². The average Bonchev–Trinajstić information content (AvgIpc) is 2.48. The summed E-state index contributed by atoms with van der Waals surface area (Å²) in [6.45, 7) is 5.75. The highest BCUT2D eigenvalue weighted by molar-refractivity contribution is 5.90. The summed E-state index contributed by atoms with van der Waals surface area (Å²) in [5.41, 5.74) is 5.60. The topological polar surface area (TPSA) is 26.3 Å². The van der Waals surface area contributed by atoms with Crippen LogP contribution in [-0.2, 0) is 9.53 Å². The van der Waals surface area contributed by atoms with E-state index in [2.05, 4.69) is 10.8 Å². The number of hydrogen-bond acceptors (Lipinski definition) is 2. The van der Waals surface area contributed by atoms with E-state index in [9.17, 15) is 9.18 Å². The fraction of sp³-hybridized carbons (Fsp3) is 0.211. The van der Waals surface area contributed by atoms with E-state index in [0.29, 0.717) is 5.56 Å². The van der Waals surface area contributed by atoms with Crippen LogP contribution >= 0.6 is 0 Å². The molecule has 0 bridgehead atoms. The van der Waals surface area contributed by atoms with Gasteiger partial charge in [-0.15, -0.1) is 0 Å². The fourth-order valence-electron chi connectivity index (χ4n) is 2.47. The summed E-state index contributed by atoms with van der Waals surface area (Å²) in [5, 5.41) is 0. The maximum atomic E-state index is 13.5. The van der Waals surface area contributed by atoms with Crippen LogP contribution in [0.15, 0.2) is 36.4 Å². The zero-order chi connectivity index (χ0) is 16.3. The number of rotatable bonds is 3. The molecular formula is C19H19FO2. The van der Waals surface area contributed by atoms with E-state index in [0.717, 1.165) is 27.8 Å². The molecule has 0 aliphatic heterocycles. The number of halogens is 1. The Balaban J connectivity index is 2.60. The summed E-state index contributed by atoms with van der Waals surface area (Å²) < 4.78 is 18.1. The Labute approximate surface area is 130 Å². The second-order valence-corrected chi connectivity index (χ2v) is 5.36. The summed E-state index contributed by atoms with van der Waals surface area (Å²) in [5.74, 6) is -0.624. The monoisotopic (exact) mass is 298 g/mol. The number of methoxy groups -OCH3 is 1. The lowest BCUT2D eigenvalue weighted by Crippen LogP contribution is -1.96. The highest BCUT2D eigenvalue weighted by Crippen LogP contribution is 2.30. The Hall–Kier alpha value is -2.42. The number of carbonyl (C=O) groups excluding carboxylic acids is 1. The van der Waals surface area contributed by atoms with Crippen LogP contribution < -0.4 is 0 Å². The SMILES string of the molecule is COC(=O)/C=C/c1c(C)cc(C)cc1-c1ccc(F)c(C)c1. The number of ether oxygens (including phenoxy) is 1. The molecule has 22 heavy (non-hydrogen) atoms. The van der Waals surface area contributed by atoms with E-state index in [1.165, 1.54) is 19.3 Å². The van der Waals surface area contributed by atoms with Crippen LogP contribution in [0, 0.1) is 26.6 Å². The van der Waals surface area contributed by atoms with Crippen LogP contribution in [0.25, 0.3) is 17.2 Å². The lowest BCUT2D eigenvalue weighted by Gasteiger charge is -2.12. The van der Waals surface area contributed by atoms with E-state index in [-0.39, 0.29) is 5.82 Å². The molecule has 0 atom stereocenters. The first-order valence-corrected chi connectivity index (χ1v) is 7.06. The van der Waals surface area contributed by atoms with Crippen LogP contribution in [0.4, 0.5) is 4.39 Å². The van der Waals surface area contributed by atoms with Gasteiger partial charge in [0.25, 0.3) is 0 Å². The summed E-state index contributed by atoms with van der Waals surface area (Å²) in [4.78, 5) is 11.4. The van der Waals surface area contributed by atoms with Gasteiger partial charge in [0.2, 0.25) is 0 Å². The summed E-state index contributed by atoms with van der Waals surface area (Å²) in [6.07, 6.45) is 3.15. The predicted octanol–water partition coefficient (Wildman–Crippen LogP) is 4.60. The normalized spacial score (nSPS) is 11.0. The van der Waals surface area contributed by atoms with Crippen LogP contribution in [0.2, 0.25) is 0 Å². The number of carbonyl (C=O) groups is 1. The lowest BCUT2D eigenvalue weighted by molar-refractivity contribution is -0.134. The quantitative estimate of drug-likeness (QED) is 0.611. The molecule has 0 fully saturated rings. The highest BCUT2D eigenvalue weighted by atomic mass is 19.1. The molecule has 0 saturated heterocycles. The summed E-state index contributed by atoms with van der Waals surface area (Å²) >= 11 is 0. The van der Waals surface area contributed by atoms with Crippen molar-refractivity contribution in [2.45, 2.75) is 20.8 Å². The van der Waals surface area contributed by atoms with Gasteiger partial charge in [0.05, 0.1) is 7.11 Å². The van der Waals surface area contributed by atoms with Gasteiger partial charge < -0.3 is 4.74 Å². The molecule has 2 nitrogen and oxygen atoms in total. The van der Waals surface area contributed by atoms with Crippen molar-refractivity contribution in [1.29, 1.82) is 0 Å². The first kappa shape index (κ1) is 16.0. The van der Waals surface area contributed by atoms with Crippen LogP contribution in [0.5, 0.6) is 0 Å². The molecular weight excluding hydrogens is 279 g/mol. The van der Waals surface area contributed by atoms with Crippen molar-refractivity contribution >= 4 is 12.0 Å². The van der Waals surface area contributed by atoms with Gasteiger partial charge in [0.15, 0.2) is 0 Å². The molecule has 0 radical (unpaired) electrons. The van der Waals surface area contributed by atoms with Crippen LogP contribution in [0.1, 0.15) is 22.3 Å². The number of benzene rings is 2. The third kappa shape index (κ3) is 3.42. The molecule has 3 heteroatoms. The van der Waals surface area contributed by atoms with E-state index < -0.39 is 5.97 Å². The molecule has 0 N–H and O–H groups in total. The molecule has 0 aliphatic carbocycles. The van der Waals surface area contributed by atoms with Crippen molar-refractivity contribution in [2.24, 2.45) is 0 Å². The Morgan fingerprint density at radius 1 is 1.09 bits per heavy atom. The van der Waals surface area contributed by atoms with Crippen molar-refractivity contribution in [3.63, 3.8) is 0 Å². The molecule has 0 unspecified atom stereocenters. The molecule has 0 heterocycles. The number of esters is 1. The van der Waals surface area contributed by atoms with Crippen molar-refractivity contribution in [3.05, 3.63) is 64.5 Å². The Bertz CT molecular complexity index is 745. The summed E-state index contributed by atoms with van der Waals surface area (Å²) in [6, 6.07) is 9.13. The second-order valence-electron chi connectivity index (χ2n) is 5.36. The largest absolute Gasteiger partial charge is 0.466 e. The van der Waals surface area contributed by atoms with Crippen molar-refractivity contribution in [1.82, 2.24) is 0 Å². The van der Waals surface area contributed by atoms with Crippen LogP contribution in [0.3, 0.4) is 0 Å². The zero-order valence-corrected chi connectivity index (χ0v) is 13.2. The number of hydrogen-bond donors (Lipinski definition) is 0. The Morgan fingerprint density at radius 2 is 1.82 bits per heavy atom. The third-order valence-corrected chi connectivity index (χ3v) is 3.59. The maximum absolute atomic E-state index is 13.5. The van der Waals surface area contributed by atoms with E-state index in [1.54, 1.807) is 19.1 Å². The van der Waals surface area contributed by atoms with Gasteiger partial charge in [-0.2, -0.15) is 0 Å². The van der Waals surface area contributed by atoms with Gasteiger partial charge in [-0.1, -0.05) is 23.8 Å². The minimum atomic E-state index is -0.402. The smallest absolute Gasteiger partial charge is 0.330 e. The Morgan fingerprint density at radius 3 is 2.45 bits per heavy atom. The Kier molecular flexibility index (Phi) is 4.76. The first-order chi connectivity index (χ1) is 10.4. The third-order valence-electron chi connectivity index (χ3n) is 3.59. The number of aryl methyl sites for hydroxylation is 3. The predicted molar refractivity (Wildman–Crippen MR) is 87.1 cm³/mol. The molecule has 0 aliphatic rings. The molecule has 114 valence electrons. The summed E-state index contributed by atoms with van der Waals surface area (Å²) in [7, 11) is 1.35. The van der Waals surface area contributed by atoms with E-state index >= 15 is 0 Å². The second kappa shape index (κ2) is 6.56. The zero-order valence-electron chi connectivity index (χ0n) is 13.2. The molecule has 2 aromatic carbocycles. The van der Waals surface area contributed by atoms with Crippen LogP contribution in [-0.4, -0.2) is 13.1 Å². The maximum Gasteiger partial charge on any atom is 0.330 e. The molecule has 0 amide bonds. The average molecular weight is 298 g/mol. The fourth-order valence-corrected chi connectivity index (χ4v) is 2.47.